The highest BCUT2D eigenvalue weighted by atomic mass is 79.9. The topological polar surface area (TPSA) is 92.5 Å². The fourth-order valence-corrected chi connectivity index (χ4v) is 6.78. The van der Waals surface area contributed by atoms with Crippen LogP contribution in [0.1, 0.15) is 46.5 Å². The summed E-state index contributed by atoms with van der Waals surface area (Å²) in [7, 11) is -3.90. The monoisotopic (exact) mass is 589 g/mol. The second kappa shape index (κ2) is 10.9. The van der Waals surface area contributed by atoms with E-state index >= 15 is 0 Å². The molecule has 0 spiro atoms. The zero-order chi connectivity index (χ0) is 26.9. The zero-order valence-corrected chi connectivity index (χ0v) is 23.5. The van der Waals surface area contributed by atoms with E-state index in [0.717, 1.165) is 22.3 Å². The van der Waals surface area contributed by atoms with Crippen molar-refractivity contribution in [2.24, 2.45) is 5.92 Å². The Balaban J connectivity index is 1.48. The lowest BCUT2D eigenvalue weighted by Gasteiger charge is -2.30. The maximum atomic E-state index is 14.1. The number of nitrogens with one attached hydrogen (secondary N) is 1. The Hall–Kier alpha value is -2.82. The molecular formula is C27H29BrFN3O4S. The molecule has 0 radical (unpaired) electrons. The number of anilines is 1. The van der Waals surface area contributed by atoms with Crippen molar-refractivity contribution in [2.75, 3.05) is 18.4 Å². The molecular weight excluding hydrogens is 561 g/mol. The van der Waals surface area contributed by atoms with Gasteiger partial charge in [0, 0.05) is 23.5 Å². The summed E-state index contributed by atoms with van der Waals surface area (Å²) in [4.78, 5) is 12.7. The van der Waals surface area contributed by atoms with E-state index in [-0.39, 0.29) is 41.0 Å². The molecule has 10 heteroatoms. The van der Waals surface area contributed by atoms with Gasteiger partial charge in [-0.15, -0.1) is 0 Å². The average molecular weight is 591 g/mol. The van der Waals surface area contributed by atoms with E-state index in [9.17, 15) is 17.6 Å². The lowest BCUT2D eigenvalue weighted by Crippen LogP contribution is -2.41. The molecule has 1 aliphatic heterocycles. The number of aryl methyl sites for hydroxylation is 4. The number of aromatic nitrogens is 1. The highest BCUT2D eigenvalue weighted by molar-refractivity contribution is 9.10. The van der Waals surface area contributed by atoms with Crippen LogP contribution in [0.25, 0.3) is 12.2 Å². The van der Waals surface area contributed by atoms with Gasteiger partial charge >= 0.3 is 0 Å². The SMILES string of the molecule is Cc1cc(C)c(/C=C/c2onc(C)c2S(=O)(=O)N2CCC(C(=O)Nc3ccc(Br)cc3F)CC2)c(C)c1. The molecule has 0 unspecified atom stereocenters. The zero-order valence-electron chi connectivity index (χ0n) is 21.1. The van der Waals surface area contributed by atoms with E-state index in [4.69, 9.17) is 4.52 Å². The molecule has 1 fully saturated rings. The minimum Gasteiger partial charge on any atom is -0.355 e. The Bertz CT molecular complexity index is 1450. The van der Waals surface area contributed by atoms with Gasteiger partial charge in [-0.1, -0.05) is 44.9 Å². The number of amides is 1. The number of carbonyl (C=O) groups excluding carboxylic acids is 1. The van der Waals surface area contributed by atoms with E-state index in [1.807, 2.05) is 26.8 Å². The maximum absolute atomic E-state index is 14.1. The molecule has 0 aliphatic carbocycles. The van der Waals surface area contributed by atoms with Crippen LogP contribution in [0.15, 0.2) is 44.2 Å². The Morgan fingerprint density at radius 2 is 1.76 bits per heavy atom. The van der Waals surface area contributed by atoms with Crippen molar-refractivity contribution in [2.45, 2.75) is 45.4 Å². The summed E-state index contributed by atoms with van der Waals surface area (Å²) in [5, 5.41) is 6.53. The largest absolute Gasteiger partial charge is 0.355 e. The molecule has 1 aromatic heterocycles. The van der Waals surface area contributed by atoms with E-state index in [0.29, 0.717) is 17.3 Å². The first-order chi connectivity index (χ1) is 17.5. The third-order valence-electron chi connectivity index (χ3n) is 6.58. The van der Waals surface area contributed by atoms with Crippen molar-refractivity contribution >= 4 is 49.7 Å². The third kappa shape index (κ3) is 5.86. The number of carbonyl (C=O) groups is 1. The van der Waals surface area contributed by atoms with Crippen molar-refractivity contribution in [1.29, 1.82) is 0 Å². The molecule has 1 saturated heterocycles. The summed E-state index contributed by atoms with van der Waals surface area (Å²) in [6, 6.07) is 8.55. The van der Waals surface area contributed by atoms with Gasteiger partial charge < -0.3 is 9.84 Å². The Morgan fingerprint density at radius 3 is 2.38 bits per heavy atom. The van der Waals surface area contributed by atoms with Gasteiger partial charge in [-0.05, 0) is 81.5 Å². The minimum absolute atomic E-state index is 0.0333. The number of benzene rings is 2. The summed E-state index contributed by atoms with van der Waals surface area (Å²) in [5.74, 6) is -1.12. The third-order valence-corrected chi connectivity index (χ3v) is 9.14. The maximum Gasteiger partial charge on any atom is 0.248 e. The molecule has 37 heavy (non-hydrogen) atoms. The van der Waals surface area contributed by atoms with E-state index in [2.05, 4.69) is 38.5 Å². The standard InChI is InChI=1S/C27H29BrFN3O4S/c1-16-13-17(2)22(18(3)14-16)6-8-25-26(19(4)31-36-25)37(34,35)32-11-9-20(10-12-32)27(33)30-24-7-5-21(28)15-23(24)29/h5-8,13-15,20H,9-12H2,1-4H3,(H,30,33)/b8-6+. The van der Waals surface area contributed by atoms with Gasteiger partial charge in [0.1, 0.15) is 11.5 Å². The first-order valence-electron chi connectivity index (χ1n) is 12.0. The normalized spacial score (nSPS) is 15.4. The Morgan fingerprint density at radius 1 is 1.11 bits per heavy atom. The lowest BCUT2D eigenvalue weighted by atomic mass is 9.97. The molecule has 1 N–H and O–H groups in total. The van der Waals surface area contributed by atoms with Gasteiger partial charge in [0.15, 0.2) is 10.7 Å². The number of halogens is 2. The van der Waals surface area contributed by atoms with Gasteiger partial charge in [-0.3, -0.25) is 4.79 Å². The molecule has 1 aliphatic rings. The van der Waals surface area contributed by atoms with Crippen molar-refractivity contribution in [3.8, 4) is 0 Å². The molecule has 3 aromatic rings. The van der Waals surface area contributed by atoms with Crippen LogP contribution < -0.4 is 5.32 Å². The average Bonchev–Trinajstić information content (AvgIpc) is 3.21. The predicted molar refractivity (Wildman–Crippen MR) is 145 cm³/mol. The molecule has 2 aromatic carbocycles. The molecule has 1 amide bonds. The summed E-state index contributed by atoms with van der Waals surface area (Å²) in [6.07, 6.45) is 4.13. The molecule has 7 nitrogen and oxygen atoms in total. The van der Waals surface area contributed by atoms with Crippen LogP contribution in [0, 0.1) is 39.4 Å². The van der Waals surface area contributed by atoms with Crippen LogP contribution in [0.5, 0.6) is 0 Å². The molecule has 196 valence electrons. The fraction of sp³-hybridized carbons (Fsp3) is 0.333. The smallest absolute Gasteiger partial charge is 0.248 e. The quantitative estimate of drug-likeness (QED) is 0.379. The number of piperidine rings is 1. The van der Waals surface area contributed by atoms with Gasteiger partial charge in [0.2, 0.25) is 15.9 Å². The van der Waals surface area contributed by atoms with Crippen LogP contribution >= 0.6 is 15.9 Å². The lowest BCUT2D eigenvalue weighted by molar-refractivity contribution is -0.120. The van der Waals surface area contributed by atoms with Crippen LogP contribution in [0.4, 0.5) is 10.1 Å². The van der Waals surface area contributed by atoms with Crippen molar-refractivity contribution in [1.82, 2.24) is 9.46 Å². The van der Waals surface area contributed by atoms with Crippen LogP contribution in [0.2, 0.25) is 0 Å². The van der Waals surface area contributed by atoms with Gasteiger partial charge in [0.05, 0.1) is 5.69 Å². The number of sulfonamides is 1. The summed E-state index contributed by atoms with van der Waals surface area (Å²) in [5.41, 5.74) is 4.69. The molecule has 4 rings (SSSR count). The summed E-state index contributed by atoms with van der Waals surface area (Å²) >= 11 is 3.19. The van der Waals surface area contributed by atoms with Crippen LogP contribution in [-0.4, -0.2) is 36.9 Å². The van der Waals surface area contributed by atoms with Crippen molar-refractivity contribution in [3.63, 3.8) is 0 Å². The van der Waals surface area contributed by atoms with E-state index in [1.165, 1.54) is 16.4 Å². The highest BCUT2D eigenvalue weighted by Crippen LogP contribution is 2.30. The first-order valence-corrected chi connectivity index (χ1v) is 14.2. The van der Waals surface area contributed by atoms with Crippen LogP contribution in [0.3, 0.4) is 0 Å². The Labute approximate surface area is 224 Å². The Kier molecular flexibility index (Phi) is 8.01. The second-order valence-corrected chi connectivity index (χ2v) is 12.2. The number of hydrogen-bond acceptors (Lipinski definition) is 5. The summed E-state index contributed by atoms with van der Waals surface area (Å²) in [6.45, 7) is 7.97. The minimum atomic E-state index is -3.90. The van der Waals surface area contributed by atoms with Crippen molar-refractivity contribution in [3.05, 3.63) is 74.3 Å². The van der Waals surface area contributed by atoms with E-state index in [1.54, 1.807) is 19.1 Å². The fourth-order valence-electron chi connectivity index (χ4n) is 4.72. The predicted octanol–water partition coefficient (Wildman–Crippen LogP) is 6.02. The molecule has 0 atom stereocenters. The highest BCUT2D eigenvalue weighted by Gasteiger charge is 2.36. The first kappa shape index (κ1) is 27.2. The molecule has 0 saturated carbocycles. The number of rotatable bonds is 6. The van der Waals surface area contributed by atoms with Gasteiger partial charge in [0.25, 0.3) is 0 Å². The summed E-state index contributed by atoms with van der Waals surface area (Å²) < 4.78 is 48.6. The molecule has 0 bridgehead atoms. The van der Waals surface area contributed by atoms with Crippen molar-refractivity contribution < 1.29 is 22.1 Å². The second-order valence-electron chi connectivity index (χ2n) is 9.40. The van der Waals surface area contributed by atoms with Gasteiger partial charge in [-0.25, -0.2) is 12.8 Å². The molecule has 2 heterocycles. The van der Waals surface area contributed by atoms with E-state index < -0.39 is 21.8 Å². The number of nitrogens with zero attached hydrogens (tertiary/aromatic N) is 2. The number of hydrogen-bond donors (Lipinski definition) is 1. The van der Waals surface area contributed by atoms with Gasteiger partial charge in [-0.2, -0.15) is 4.31 Å². The van der Waals surface area contributed by atoms with Crippen LogP contribution in [-0.2, 0) is 14.8 Å².